The van der Waals surface area contributed by atoms with Gasteiger partial charge in [-0.1, -0.05) is 23.9 Å². The first kappa shape index (κ1) is 19.2. The van der Waals surface area contributed by atoms with E-state index in [1.54, 1.807) is 18.2 Å². The summed E-state index contributed by atoms with van der Waals surface area (Å²) in [7, 11) is 3.01. The van der Waals surface area contributed by atoms with Crippen molar-refractivity contribution in [2.75, 3.05) is 26.6 Å². The van der Waals surface area contributed by atoms with E-state index in [0.29, 0.717) is 17.1 Å². The number of hydrogen-bond acceptors (Lipinski definition) is 8. The minimum absolute atomic E-state index is 0.0963. The number of benzene rings is 2. The number of rotatable bonds is 8. The van der Waals surface area contributed by atoms with Crippen LogP contribution in [0.4, 0.5) is 0 Å². The van der Waals surface area contributed by atoms with Crippen LogP contribution in [0.3, 0.4) is 0 Å². The predicted octanol–water partition coefficient (Wildman–Crippen LogP) is 3.83. The van der Waals surface area contributed by atoms with Crippen molar-refractivity contribution in [1.29, 1.82) is 0 Å². The molecule has 3 aromatic rings. The lowest BCUT2D eigenvalue weighted by Crippen LogP contribution is -2.15. The zero-order valence-corrected chi connectivity index (χ0v) is 16.4. The summed E-state index contributed by atoms with van der Waals surface area (Å²) in [5.41, 5.74) is 1.29. The number of para-hydroxylation sites is 1. The molecule has 0 N–H and O–H groups in total. The number of aromatic nitrogens is 1. The molecular weight excluding hydrogens is 386 g/mol. The van der Waals surface area contributed by atoms with E-state index in [0.717, 1.165) is 14.6 Å². The highest BCUT2D eigenvalue weighted by Crippen LogP contribution is 2.29. The second-order valence-corrected chi connectivity index (χ2v) is 7.64. The maximum atomic E-state index is 12.2. The zero-order chi connectivity index (χ0) is 19.2. The first-order valence-electron chi connectivity index (χ1n) is 8.00. The molecule has 0 unspecified atom stereocenters. The number of ketones is 1. The third-order valence-electron chi connectivity index (χ3n) is 3.66. The number of esters is 1. The van der Waals surface area contributed by atoms with Gasteiger partial charge >= 0.3 is 5.97 Å². The van der Waals surface area contributed by atoms with Gasteiger partial charge in [0, 0.05) is 5.56 Å². The smallest absolute Gasteiger partial charge is 0.316 e. The molecule has 1 heterocycles. The number of methoxy groups -OCH3 is 2. The summed E-state index contributed by atoms with van der Waals surface area (Å²) in [6.07, 6.45) is 0. The summed E-state index contributed by atoms with van der Waals surface area (Å²) in [6, 6.07) is 12.6. The normalized spacial score (nSPS) is 10.6. The fraction of sp³-hybridized carbons (Fsp3) is 0.211. The standard InChI is InChI=1S/C19H17NO5S2/c1-23-15-8-7-12(9-16(15)24-2)14(21)10-25-18(22)11-26-19-20-13-5-3-4-6-17(13)27-19/h3-9H,10-11H2,1-2H3. The van der Waals surface area contributed by atoms with E-state index in [-0.39, 0.29) is 18.1 Å². The largest absolute Gasteiger partial charge is 0.493 e. The Morgan fingerprint density at radius 1 is 1.07 bits per heavy atom. The molecule has 0 aliphatic carbocycles. The minimum Gasteiger partial charge on any atom is -0.493 e. The van der Waals surface area contributed by atoms with Gasteiger partial charge in [0.15, 0.2) is 28.2 Å². The Kier molecular flexibility index (Phi) is 6.31. The highest BCUT2D eigenvalue weighted by atomic mass is 32.2. The van der Waals surface area contributed by atoms with E-state index in [4.69, 9.17) is 14.2 Å². The van der Waals surface area contributed by atoms with Gasteiger partial charge < -0.3 is 14.2 Å². The number of thioether (sulfide) groups is 1. The topological polar surface area (TPSA) is 74.7 Å². The summed E-state index contributed by atoms with van der Waals surface area (Å²) in [5, 5.41) is 0. The number of carbonyl (C=O) groups excluding carboxylic acids is 2. The second kappa shape index (κ2) is 8.88. The van der Waals surface area contributed by atoms with Gasteiger partial charge in [-0.25, -0.2) is 4.98 Å². The Morgan fingerprint density at radius 2 is 1.85 bits per heavy atom. The van der Waals surface area contributed by atoms with Crippen LogP contribution >= 0.6 is 23.1 Å². The lowest BCUT2D eigenvalue weighted by Gasteiger charge is -2.09. The van der Waals surface area contributed by atoms with Crippen molar-refractivity contribution in [3.05, 3.63) is 48.0 Å². The average Bonchev–Trinajstić information content (AvgIpc) is 3.12. The molecule has 3 rings (SSSR count). The molecule has 0 saturated heterocycles. The van der Waals surface area contributed by atoms with Crippen molar-refractivity contribution < 1.29 is 23.8 Å². The van der Waals surface area contributed by atoms with E-state index >= 15 is 0 Å². The number of hydrogen-bond donors (Lipinski definition) is 0. The number of thiazole rings is 1. The van der Waals surface area contributed by atoms with Crippen molar-refractivity contribution >= 4 is 45.1 Å². The van der Waals surface area contributed by atoms with E-state index in [1.165, 1.54) is 37.3 Å². The van der Waals surface area contributed by atoms with Crippen LogP contribution in [0, 0.1) is 0 Å². The van der Waals surface area contributed by atoms with Crippen LogP contribution in [0.15, 0.2) is 46.8 Å². The molecule has 0 aliphatic rings. The summed E-state index contributed by atoms with van der Waals surface area (Å²) in [5.74, 6) is 0.292. The number of ether oxygens (including phenoxy) is 3. The Morgan fingerprint density at radius 3 is 2.59 bits per heavy atom. The van der Waals surface area contributed by atoms with Crippen molar-refractivity contribution in [2.45, 2.75) is 4.34 Å². The Bertz CT molecular complexity index is 937. The molecule has 27 heavy (non-hydrogen) atoms. The zero-order valence-electron chi connectivity index (χ0n) is 14.8. The maximum absolute atomic E-state index is 12.2. The van der Waals surface area contributed by atoms with E-state index in [9.17, 15) is 9.59 Å². The molecule has 0 fully saturated rings. The van der Waals surface area contributed by atoms with Gasteiger partial charge in [-0.05, 0) is 30.3 Å². The fourth-order valence-corrected chi connectivity index (χ4v) is 4.18. The van der Waals surface area contributed by atoms with Gasteiger partial charge in [0.05, 0.1) is 30.2 Å². The van der Waals surface area contributed by atoms with Crippen molar-refractivity contribution in [2.24, 2.45) is 0 Å². The molecule has 0 amide bonds. The number of nitrogens with zero attached hydrogens (tertiary/aromatic N) is 1. The third-order valence-corrected chi connectivity index (χ3v) is 5.81. The van der Waals surface area contributed by atoms with E-state index in [1.807, 2.05) is 24.3 Å². The van der Waals surface area contributed by atoms with Crippen LogP contribution in [0.1, 0.15) is 10.4 Å². The Balaban J connectivity index is 1.51. The highest BCUT2D eigenvalue weighted by molar-refractivity contribution is 8.01. The maximum Gasteiger partial charge on any atom is 0.316 e. The molecule has 6 nitrogen and oxygen atoms in total. The van der Waals surface area contributed by atoms with Gasteiger partial charge in [0.1, 0.15) is 0 Å². The van der Waals surface area contributed by atoms with Crippen LogP contribution in [-0.4, -0.2) is 43.3 Å². The first-order chi connectivity index (χ1) is 13.1. The monoisotopic (exact) mass is 403 g/mol. The molecule has 1 aromatic heterocycles. The summed E-state index contributed by atoms with van der Waals surface area (Å²) >= 11 is 2.82. The average molecular weight is 403 g/mol. The number of carbonyl (C=O) groups is 2. The Labute approximate surface area is 164 Å². The van der Waals surface area contributed by atoms with Crippen LogP contribution in [0.5, 0.6) is 11.5 Å². The van der Waals surface area contributed by atoms with Gasteiger partial charge in [-0.15, -0.1) is 11.3 Å². The SMILES string of the molecule is COc1ccc(C(=O)COC(=O)CSc2nc3ccccc3s2)cc1OC. The van der Waals surface area contributed by atoms with Crippen molar-refractivity contribution in [3.8, 4) is 11.5 Å². The van der Waals surface area contributed by atoms with Gasteiger partial charge in [0.2, 0.25) is 0 Å². The fourth-order valence-electron chi connectivity index (χ4n) is 2.31. The quantitative estimate of drug-likeness (QED) is 0.321. The molecule has 0 radical (unpaired) electrons. The summed E-state index contributed by atoms with van der Waals surface area (Å²) < 4.78 is 17.2. The third kappa shape index (κ3) is 4.78. The van der Waals surface area contributed by atoms with E-state index in [2.05, 4.69) is 4.98 Å². The van der Waals surface area contributed by atoms with Crippen molar-refractivity contribution in [1.82, 2.24) is 4.98 Å². The number of Topliss-reactive ketones (excluding diaryl/α,β-unsaturated/α-hetero) is 1. The summed E-state index contributed by atoms with van der Waals surface area (Å²) in [6.45, 7) is -0.325. The van der Waals surface area contributed by atoms with E-state index < -0.39 is 5.97 Å². The molecule has 0 spiro atoms. The van der Waals surface area contributed by atoms with Gasteiger partial charge in [-0.2, -0.15) is 0 Å². The van der Waals surface area contributed by atoms with Crippen LogP contribution in [0.25, 0.3) is 10.2 Å². The highest BCUT2D eigenvalue weighted by Gasteiger charge is 2.14. The molecule has 2 aromatic carbocycles. The summed E-state index contributed by atoms with van der Waals surface area (Å²) in [4.78, 5) is 28.6. The Hall–Kier alpha value is -2.58. The van der Waals surface area contributed by atoms with Crippen LogP contribution < -0.4 is 9.47 Å². The lowest BCUT2D eigenvalue weighted by molar-refractivity contribution is -0.139. The minimum atomic E-state index is -0.465. The van der Waals surface area contributed by atoms with Gasteiger partial charge in [-0.3, -0.25) is 9.59 Å². The predicted molar refractivity (Wildman–Crippen MR) is 105 cm³/mol. The lowest BCUT2D eigenvalue weighted by atomic mass is 10.1. The molecule has 140 valence electrons. The molecule has 8 heteroatoms. The number of fused-ring (bicyclic) bond motifs is 1. The molecule has 0 aliphatic heterocycles. The first-order valence-corrected chi connectivity index (χ1v) is 9.80. The van der Waals surface area contributed by atoms with Crippen LogP contribution in [-0.2, 0) is 9.53 Å². The molecule has 0 bridgehead atoms. The molecule has 0 atom stereocenters. The molecule has 0 saturated carbocycles. The van der Waals surface area contributed by atoms with Gasteiger partial charge in [0.25, 0.3) is 0 Å². The molecular formula is C19H17NO5S2. The van der Waals surface area contributed by atoms with Crippen molar-refractivity contribution in [3.63, 3.8) is 0 Å². The second-order valence-electron chi connectivity index (χ2n) is 5.39. The van der Waals surface area contributed by atoms with Crippen LogP contribution in [0.2, 0.25) is 0 Å².